The summed E-state index contributed by atoms with van der Waals surface area (Å²) < 4.78 is 0. The molecule has 0 heterocycles. The maximum Gasteiger partial charge on any atom is 0.233 e. The molecular formula is C23H30N2O2. The molecule has 0 spiro atoms. The van der Waals surface area contributed by atoms with Crippen molar-refractivity contribution in [2.75, 3.05) is 11.9 Å². The maximum atomic E-state index is 12.4. The largest absolute Gasteiger partial charge is 0.355 e. The maximum absolute atomic E-state index is 12.4. The minimum Gasteiger partial charge on any atom is -0.355 e. The molecule has 0 atom stereocenters. The number of anilines is 1. The molecule has 0 aliphatic heterocycles. The monoisotopic (exact) mass is 366 g/mol. The van der Waals surface area contributed by atoms with Crippen LogP contribution < -0.4 is 10.6 Å². The van der Waals surface area contributed by atoms with Crippen LogP contribution in [0.3, 0.4) is 0 Å². The highest BCUT2D eigenvalue weighted by Crippen LogP contribution is 2.32. The number of amides is 2. The van der Waals surface area contributed by atoms with Crippen LogP contribution in [0.1, 0.15) is 62.6 Å². The lowest BCUT2D eigenvalue weighted by molar-refractivity contribution is -0.126. The molecule has 2 N–H and O–H groups in total. The van der Waals surface area contributed by atoms with Crippen LogP contribution in [0.15, 0.2) is 48.5 Å². The standard InChI is InChI=1S/C23H30N2O2/c1-16(2)19-11-8-12-20(17(3)4)23(19)25-22(27)15-21(26)24-14-13-18-9-6-5-7-10-18/h5-12,16-17H,13-15H2,1-4H3,(H,24,26)(H,25,27). The number of hydrogen-bond donors (Lipinski definition) is 2. The number of carbonyl (C=O) groups excluding carboxylic acids is 2. The van der Waals surface area contributed by atoms with Gasteiger partial charge in [-0.3, -0.25) is 9.59 Å². The van der Waals surface area contributed by atoms with Gasteiger partial charge in [0.2, 0.25) is 11.8 Å². The first kappa shape index (κ1) is 20.7. The first-order chi connectivity index (χ1) is 12.9. The molecule has 4 heteroatoms. The van der Waals surface area contributed by atoms with Crippen molar-refractivity contribution < 1.29 is 9.59 Å². The van der Waals surface area contributed by atoms with Crippen LogP contribution in [0.25, 0.3) is 0 Å². The number of hydrogen-bond acceptors (Lipinski definition) is 2. The number of para-hydroxylation sites is 1. The van der Waals surface area contributed by atoms with E-state index < -0.39 is 0 Å². The Kier molecular flexibility index (Phi) is 7.59. The van der Waals surface area contributed by atoms with Crippen molar-refractivity contribution in [2.45, 2.75) is 52.4 Å². The fourth-order valence-corrected chi connectivity index (χ4v) is 3.08. The fraction of sp³-hybridized carbons (Fsp3) is 0.391. The Bertz CT molecular complexity index is 741. The molecule has 2 rings (SSSR count). The number of carbonyl (C=O) groups is 2. The van der Waals surface area contributed by atoms with Crippen LogP contribution in [-0.2, 0) is 16.0 Å². The normalized spacial score (nSPS) is 10.9. The van der Waals surface area contributed by atoms with E-state index in [4.69, 9.17) is 0 Å². The lowest BCUT2D eigenvalue weighted by atomic mass is 9.92. The predicted molar refractivity (Wildman–Crippen MR) is 111 cm³/mol. The zero-order chi connectivity index (χ0) is 19.8. The van der Waals surface area contributed by atoms with Gasteiger partial charge in [-0.05, 0) is 34.9 Å². The van der Waals surface area contributed by atoms with Crippen molar-refractivity contribution in [3.05, 3.63) is 65.2 Å². The van der Waals surface area contributed by atoms with Crippen molar-refractivity contribution in [2.24, 2.45) is 0 Å². The van der Waals surface area contributed by atoms with Gasteiger partial charge in [0.1, 0.15) is 6.42 Å². The summed E-state index contributed by atoms with van der Waals surface area (Å²) in [5.41, 5.74) is 4.21. The van der Waals surface area contributed by atoms with Crippen LogP contribution in [0.4, 0.5) is 5.69 Å². The summed E-state index contributed by atoms with van der Waals surface area (Å²) in [5.74, 6) is 0.0520. The molecule has 2 aromatic rings. The van der Waals surface area contributed by atoms with E-state index in [1.165, 1.54) is 0 Å². The van der Waals surface area contributed by atoms with Gasteiger partial charge in [-0.2, -0.15) is 0 Å². The quantitative estimate of drug-likeness (QED) is 0.670. The van der Waals surface area contributed by atoms with E-state index in [1.54, 1.807) is 0 Å². The Morgan fingerprint density at radius 3 is 1.96 bits per heavy atom. The first-order valence-corrected chi connectivity index (χ1v) is 9.61. The van der Waals surface area contributed by atoms with E-state index in [2.05, 4.69) is 38.3 Å². The molecule has 0 bridgehead atoms. The second-order valence-corrected chi connectivity index (χ2v) is 7.43. The van der Waals surface area contributed by atoms with E-state index in [0.717, 1.165) is 28.8 Å². The summed E-state index contributed by atoms with van der Waals surface area (Å²) in [4.78, 5) is 24.5. The lowest BCUT2D eigenvalue weighted by Gasteiger charge is -2.20. The minimum absolute atomic E-state index is 0.168. The first-order valence-electron chi connectivity index (χ1n) is 9.61. The minimum atomic E-state index is -0.276. The number of nitrogens with one attached hydrogen (secondary N) is 2. The van der Waals surface area contributed by atoms with Crippen LogP contribution in [0, 0.1) is 0 Å². The molecule has 0 fully saturated rings. The Morgan fingerprint density at radius 2 is 1.41 bits per heavy atom. The van der Waals surface area contributed by atoms with Crippen molar-refractivity contribution in [3.63, 3.8) is 0 Å². The summed E-state index contributed by atoms with van der Waals surface area (Å²) in [6.07, 6.45) is 0.584. The molecule has 2 amide bonds. The average molecular weight is 367 g/mol. The number of benzene rings is 2. The van der Waals surface area contributed by atoms with Gasteiger partial charge < -0.3 is 10.6 Å². The summed E-state index contributed by atoms with van der Waals surface area (Å²) in [7, 11) is 0. The smallest absolute Gasteiger partial charge is 0.233 e. The van der Waals surface area contributed by atoms with E-state index in [9.17, 15) is 9.59 Å². The van der Waals surface area contributed by atoms with Crippen molar-refractivity contribution in [1.82, 2.24) is 5.32 Å². The molecule has 0 aliphatic rings. The third-order valence-corrected chi connectivity index (χ3v) is 4.54. The van der Waals surface area contributed by atoms with Gasteiger partial charge in [-0.1, -0.05) is 76.2 Å². The van der Waals surface area contributed by atoms with Gasteiger partial charge >= 0.3 is 0 Å². The van der Waals surface area contributed by atoms with E-state index in [1.807, 2.05) is 48.5 Å². The van der Waals surface area contributed by atoms with Gasteiger partial charge in [0.05, 0.1) is 0 Å². The van der Waals surface area contributed by atoms with Gasteiger partial charge in [0.15, 0.2) is 0 Å². The molecule has 144 valence electrons. The zero-order valence-electron chi connectivity index (χ0n) is 16.7. The van der Waals surface area contributed by atoms with Crippen molar-refractivity contribution >= 4 is 17.5 Å². The molecular weight excluding hydrogens is 336 g/mol. The summed E-state index contributed by atoms with van der Waals surface area (Å²) in [5, 5.41) is 5.80. The molecule has 0 aromatic heterocycles. The third-order valence-electron chi connectivity index (χ3n) is 4.54. The van der Waals surface area contributed by atoms with Gasteiger partial charge in [0, 0.05) is 12.2 Å². The van der Waals surface area contributed by atoms with Crippen molar-refractivity contribution in [3.8, 4) is 0 Å². The summed E-state index contributed by atoms with van der Waals surface area (Å²) in [6.45, 7) is 8.93. The molecule has 0 radical (unpaired) electrons. The van der Waals surface area contributed by atoms with E-state index in [0.29, 0.717) is 18.4 Å². The lowest BCUT2D eigenvalue weighted by Crippen LogP contribution is -2.30. The van der Waals surface area contributed by atoms with Gasteiger partial charge in [-0.15, -0.1) is 0 Å². The Morgan fingerprint density at radius 1 is 0.815 bits per heavy atom. The summed E-state index contributed by atoms with van der Waals surface area (Å²) in [6, 6.07) is 16.1. The second-order valence-electron chi connectivity index (χ2n) is 7.43. The molecule has 27 heavy (non-hydrogen) atoms. The highest BCUT2D eigenvalue weighted by Gasteiger charge is 2.17. The van der Waals surface area contributed by atoms with Crippen molar-refractivity contribution in [1.29, 1.82) is 0 Å². The van der Waals surface area contributed by atoms with E-state index >= 15 is 0 Å². The SMILES string of the molecule is CC(C)c1cccc(C(C)C)c1NC(=O)CC(=O)NCCc1ccccc1. The molecule has 0 saturated heterocycles. The summed E-state index contributed by atoms with van der Waals surface area (Å²) >= 11 is 0. The highest BCUT2D eigenvalue weighted by atomic mass is 16.2. The fourth-order valence-electron chi connectivity index (χ4n) is 3.08. The van der Waals surface area contributed by atoms with Crippen LogP contribution >= 0.6 is 0 Å². The topological polar surface area (TPSA) is 58.2 Å². The molecule has 4 nitrogen and oxygen atoms in total. The molecule has 0 saturated carbocycles. The number of rotatable bonds is 8. The van der Waals surface area contributed by atoms with Crippen LogP contribution in [0.5, 0.6) is 0 Å². The Labute approximate surface area is 162 Å². The van der Waals surface area contributed by atoms with E-state index in [-0.39, 0.29) is 18.2 Å². The average Bonchev–Trinajstić information content (AvgIpc) is 2.62. The molecule has 2 aromatic carbocycles. The van der Waals surface area contributed by atoms with Gasteiger partial charge in [0.25, 0.3) is 0 Å². The van der Waals surface area contributed by atoms with Gasteiger partial charge in [-0.25, -0.2) is 0 Å². The third kappa shape index (κ3) is 6.24. The van der Waals surface area contributed by atoms with Crippen LogP contribution in [0.2, 0.25) is 0 Å². The van der Waals surface area contributed by atoms with Crippen LogP contribution in [-0.4, -0.2) is 18.4 Å². The Hall–Kier alpha value is -2.62. The second kappa shape index (κ2) is 9.91. The highest BCUT2D eigenvalue weighted by molar-refractivity contribution is 6.04. The molecule has 0 unspecified atom stereocenters. The predicted octanol–water partition coefficient (Wildman–Crippen LogP) is 4.62. The zero-order valence-corrected chi connectivity index (χ0v) is 16.7. The molecule has 0 aliphatic carbocycles. The Balaban J connectivity index is 1.94.